The molecule has 2 nitrogen and oxygen atoms in total. The lowest BCUT2D eigenvalue weighted by Gasteiger charge is -2.09. The van der Waals surface area contributed by atoms with Crippen LogP contribution in [0.2, 0.25) is 13.6 Å². The predicted octanol–water partition coefficient (Wildman–Crippen LogP) is 3.40. The molecule has 19 heavy (non-hydrogen) atoms. The largest absolute Gasteiger partial charge is 0.487 e. The summed E-state index contributed by atoms with van der Waals surface area (Å²) < 4.78 is 19.2. The van der Waals surface area contributed by atoms with E-state index in [1.807, 2.05) is 31.8 Å². The van der Waals surface area contributed by atoms with E-state index in [-0.39, 0.29) is 20.0 Å². The molecule has 0 unspecified atom stereocenters. The molecule has 0 N–H and O–H groups in total. The van der Waals surface area contributed by atoms with Crippen molar-refractivity contribution < 1.29 is 9.13 Å². The molecule has 1 aromatic heterocycles. The maximum absolute atomic E-state index is 13.7. The Kier molecular flexibility index (Phi) is 5.55. The molecule has 1 aromatic carbocycles. The van der Waals surface area contributed by atoms with E-state index in [2.05, 4.69) is 4.98 Å². The highest BCUT2D eigenvalue weighted by molar-refractivity contribution is 6.70. The van der Waals surface area contributed by atoms with Crippen LogP contribution in [0.15, 0.2) is 42.6 Å². The van der Waals surface area contributed by atoms with Gasteiger partial charge in [0, 0.05) is 12.3 Å². The number of hydrogen-bond donors (Lipinski definition) is 0. The van der Waals surface area contributed by atoms with Crippen molar-refractivity contribution in [1.29, 1.82) is 0 Å². The normalized spacial score (nSPS) is 9.63. The number of hydrogen-bond acceptors (Lipinski definition) is 2. The number of aromatic nitrogens is 1. The van der Waals surface area contributed by atoms with Crippen molar-refractivity contribution in [2.75, 3.05) is 0 Å². The molecule has 1 heterocycles. The predicted molar refractivity (Wildman–Crippen MR) is 78.8 cm³/mol. The van der Waals surface area contributed by atoms with E-state index >= 15 is 0 Å². The number of nitrogens with zero attached hydrogens (tertiary/aromatic N) is 1. The van der Waals surface area contributed by atoms with E-state index < -0.39 is 0 Å². The third-order valence-corrected chi connectivity index (χ3v) is 2.71. The van der Waals surface area contributed by atoms with E-state index in [1.165, 1.54) is 6.07 Å². The fourth-order valence-electron chi connectivity index (χ4n) is 1.71. The monoisotopic (exact) mass is 259 g/mol. The third-order valence-electron chi connectivity index (χ3n) is 2.71. The van der Waals surface area contributed by atoms with E-state index in [9.17, 15) is 4.39 Å². The Morgan fingerprint density at radius 1 is 1.21 bits per heavy atom. The first kappa shape index (κ1) is 15.2. The summed E-state index contributed by atoms with van der Waals surface area (Å²) in [5, 5.41) is 0. The molecule has 0 aliphatic heterocycles. The molecule has 0 amide bonds. The van der Waals surface area contributed by atoms with E-state index in [4.69, 9.17) is 4.74 Å². The summed E-state index contributed by atoms with van der Waals surface area (Å²) >= 11 is 0. The van der Waals surface area contributed by atoms with Crippen molar-refractivity contribution in [3.05, 3.63) is 54.1 Å². The molecule has 0 saturated heterocycles. The van der Waals surface area contributed by atoms with Gasteiger partial charge in [0.25, 0.3) is 0 Å². The van der Waals surface area contributed by atoms with Crippen LogP contribution in [0.5, 0.6) is 5.75 Å². The highest BCUT2D eigenvalue weighted by atomic mass is 19.1. The highest BCUT2D eigenvalue weighted by Gasteiger charge is 2.10. The van der Waals surface area contributed by atoms with Crippen molar-refractivity contribution in [2.24, 2.45) is 0 Å². The molecule has 0 bridgehead atoms. The van der Waals surface area contributed by atoms with Gasteiger partial charge in [-0.3, -0.25) is 4.98 Å². The van der Waals surface area contributed by atoms with Gasteiger partial charge in [0.1, 0.15) is 18.2 Å². The first-order valence-electron chi connectivity index (χ1n) is 5.99. The SMILES string of the molecule is C.CB(C)c1ccc(OCc2ccccn2)cc1F. The lowest BCUT2D eigenvalue weighted by atomic mass is 9.49. The number of rotatable bonds is 4. The Bertz CT molecular complexity index is 517. The second-order valence-corrected chi connectivity index (χ2v) is 4.45. The van der Waals surface area contributed by atoms with Gasteiger partial charge in [-0.15, -0.1) is 0 Å². The zero-order valence-electron chi connectivity index (χ0n) is 10.6. The summed E-state index contributed by atoms with van der Waals surface area (Å²) in [6, 6.07) is 10.6. The Morgan fingerprint density at radius 3 is 2.58 bits per heavy atom. The molecule has 0 radical (unpaired) electrons. The average Bonchev–Trinajstić information content (AvgIpc) is 2.37. The lowest BCUT2D eigenvalue weighted by molar-refractivity contribution is 0.300. The van der Waals surface area contributed by atoms with Crippen LogP contribution in [0.3, 0.4) is 0 Å². The van der Waals surface area contributed by atoms with Crippen LogP contribution in [-0.4, -0.2) is 11.7 Å². The summed E-state index contributed by atoms with van der Waals surface area (Å²) in [6.07, 6.45) is 1.71. The maximum Gasteiger partial charge on any atom is 0.173 e. The number of halogens is 1. The van der Waals surface area contributed by atoms with Gasteiger partial charge in [-0.1, -0.05) is 33.2 Å². The van der Waals surface area contributed by atoms with Gasteiger partial charge >= 0.3 is 0 Å². The summed E-state index contributed by atoms with van der Waals surface area (Å²) in [5.74, 6) is 0.311. The molecule has 0 atom stereocenters. The van der Waals surface area contributed by atoms with Gasteiger partial charge in [-0.05, 0) is 23.7 Å². The fourth-order valence-corrected chi connectivity index (χ4v) is 1.71. The van der Waals surface area contributed by atoms with Gasteiger partial charge in [-0.2, -0.15) is 0 Å². The van der Waals surface area contributed by atoms with Gasteiger partial charge in [0.05, 0.1) is 5.69 Å². The quantitative estimate of drug-likeness (QED) is 0.785. The molecule has 100 valence electrons. The number of benzene rings is 1. The van der Waals surface area contributed by atoms with Crippen LogP contribution >= 0.6 is 0 Å². The van der Waals surface area contributed by atoms with Crippen LogP contribution < -0.4 is 10.2 Å². The summed E-state index contributed by atoms with van der Waals surface area (Å²) in [7, 11) is 0. The molecule has 0 fully saturated rings. The topological polar surface area (TPSA) is 22.1 Å². The second-order valence-electron chi connectivity index (χ2n) is 4.45. The number of pyridine rings is 1. The van der Waals surface area contributed by atoms with E-state index in [1.54, 1.807) is 18.3 Å². The molecule has 0 spiro atoms. The smallest absolute Gasteiger partial charge is 0.173 e. The summed E-state index contributed by atoms with van der Waals surface area (Å²) in [5.41, 5.74) is 1.53. The van der Waals surface area contributed by atoms with Crippen molar-refractivity contribution in [3.8, 4) is 5.75 Å². The van der Waals surface area contributed by atoms with Crippen LogP contribution in [0.1, 0.15) is 13.1 Å². The fraction of sp³-hybridized carbons (Fsp3) is 0.267. The van der Waals surface area contributed by atoms with Crippen LogP contribution in [0, 0.1) is 5.82 Å². The zero-order chi connectivity index (χ0) is 13.0. The van der Waals surface area contributed by atoms with Gasteiger partial charge in [0.2, 0.25) is 0 Å². The molecular formula is C15H19BFNO. The van der Waals surface area contributed by atoms with Crippen LogP contribution in [0.4, 0.5) is 4.39 Å². The van der Waals surface area contributed by atoms with Gasteiger partial charge < -0.3 is 4.74 Å². The molecule has 0 saturated carbocycles. The molecule has 2 aromatic rings. The molecular weight excluding hydrogens is 240 g/mol. The molecule has 0 aliphatic rings. The number of ether oxygens (including phenoxy) is 1. The second kappa shape index (κ2) is 6.93. The Morgan fingerprint density at radius 2 is 2.00 bits per heavy atom. The van der Waals surface area contributed by atoms with Crippen molar-refractivity contribution >= 4 is 12.2 Å². The molecule has 2 rings (SSSR count). The van der Waals surface area contributed by atoms with Crippen molar-refractivity contribution in [2.45, 2.75) is 27.7 Å². The first-order chi connectivity index (χ1) is 8.66. The Labute approximate surface area is 114 Å². The summed E-state index contributed by atoms with van der Waals surface area (Å²) in [6.45, 7) is 4.45. The third kappa shape index (κ3) is 4.09. The zero-order valence-corrected chi connectivity index (χ0v) is 10.6. The Balaban J connectivity index is 0.00000180. The average molecular weight is 259 g/mol. The Hall–Kier alpha value is -1.84. The minimum atomic E-state index is -0.219. The molecule has 0 aliphatic carbocycles. The van der Waals surface area contributed by atoms with Gasteiger partial charge in [0.15, 0.2) is 6.71 Å². The van der Waals surface area contributed by atoms with Crippen molar-refractivity contribution in [3.63, 3.8) is 0 Å². The molecule has 4 heteroatoms. The van der Waals surface area contributed by atoms with Crippen LogP contribution in [-0.2, 0) is 6.61 Å². The lowest BCUT2D eigenvalue weighted by Crippen LogP contribution is -2.25. The first-order valence-corrected chi connectivity index (χ1v) is 5.99. The van der Waals surface area contributed by atoms with E-state index in [0.29, 0.717) is 17.8 Å². The minimum Gasteiger partial charge on any atom is -0.487 e. The summed E-state index contributed by atoms with van der Waals surface area (Å²) in [4.78, 5) is 4.14. The van der Waals surface area contributed by atoms with Gasteiger partial charge in [-0.25, -0.2) is 4.39 Å². The van der Waals surface area contributed by atoms with Crippen molar-refractivity contribution in [1.82, 2.24) is 4.98 Å². The van der Waals surface area contributed by atoms with Crippen LogP contribution in [0.25, 0.3) is 0 Å². The minimum absolute atomic E-state index is 0. The maximum atomic E-state index is 13.7. The van der Waals surface area contributed by atoms with E-state index in [0.717, 1.165) is 5.69 Å². The highest BCUT2D eigenvalue weighted by Crippen LogP contribution is 2.13. The standard InChI is InChI=1S/C14H15BFNO.CH4/c1-15(2)13-7-6-12(9-14(13)16)18-10-11-5-3-4-8-17-11;/h3-9H,10H2,1-2H3;1H4.